The standard InChI is InChI=1S/C11H10O.2C5H5.2Fe/c12-11(9-5-1-2-6-9)10-7-3-4-8-10;2*1-2-4-5-3-1;;/h1-8,11-12H;2*1-5H;;/q-2;-5;-1;;. The molecule has 1 N–H and O–H groups in total. The Labute approximate surface area is 165 Å². The zero-order valence-electron chi connectivity index (χ0n) is 13.1. The Kier molecular flexibility index (Phi) is 12.9. The second-order valence-corrected chi connectivity index (χ2v) is 4.76. The van der Waals surface area contributed by atoms with Crippen molar-refractivity contribution in [2.75, 3.05) is 0 Å². The molecule has 0 atom stereocenters. The first-order valence-corrected chi connectivity index (χ1v) is 7.32. The Hall–Kier alpha value is -1.60. The van der Waals surface area contributed by atoms with Crippen LogP contribution in [0.15, 0.2) is 109 Å². The van der Waals surface area contributed by atoms with Crippen molar-refractivity contribution in [2.24, 2.45) is 0 Å². The first-order chi connectivity index (χ1) is 10.9. The zero-order valence-corrected chi connectivity index (χ0v) is 15.3. The molecule has 134 valence electrons. The summed E-state index contributed by atoms with van der Waals surface area (Å²) in [7, 11) is 0. The molecule has 24 heavy (non-hydrogen) atoms. The fraction of sp³-hybridized carbons (Fsp3) is 0.0476. The molecular formula is C21H20Fe2O-8. The van der Waals surface area contributed by atoms with E-state index in [1.54, 1.807) is 0 Å². The van der Waals surface area contributed by atoms with E-state index >= 15 is 0 Å². The third kappa shape index (κ3) is 8.31. The maximum atomic E-state index is 9.77. The van der Waals surface area contributed by atoms with Crippen molar-refractivity contribution in [2.45, 2.75) is 6.10 Å². The number of aliphatic hydroxyl groups is 1. The van der Waals surface area contributed by atoms with E-state index in [2.05, 4.69) is 0 Å². The van der Waals surface area contributed by atoms with Gasteiger partial charge >= 0.3 is 0 Å². The maximum absolute atomic E-state index is 9.77. The maximum Gasteiger partial charge on any atom is 0.0154 e. The van der Waals surface area contributed by atoms with Gasteiger partial charge in [0.15, 0.2) is 0 Å². The summed E-state index contributed by atoms with van der Waals surface area (Å²) in [6.07, 6.45) is -0.463. The monoisotopic (exact) mass is 400 g/mol. The van der Waals surface area contributed by atoms with Gasteiger partial charge in [-0.15, -0.1) is 11.1 Å². The molecule has 3 heteroatoms. The summed E-state index contributed by atoms with van der Waals surface area (Å²) < 4.78 is 0. The Morgan fingerprint density at radius 3 is 1.17 bits per heavy atom. The molecule has 0 aliphatic rings. The molecule has 0 aliphatic heterocycles. The van der Waals surface area contributed by atoms with E-state index in [0.29, 0.717) is 0 Å². The molecule has 0 saturated heterocycles. The average Bonchev–Trinajstić information content (AvgIpc) is 3.42. The van der Waals surface area contributed by atoms with Crippen molar-refractivity contribution < 1.29 is 39.2 Å². The van der Waals surface area contributed by atoms with Gasteiger partial charge in [0.2, 0.25) is 0 Å². The Morgan fingerprint density at radius 2 is 0.917 bits per heavy atom. The van der Waals surface area contributed by atoms with Crippen LogP contribution < -0.4 is 0 Å². The van der Waals surface area contributed by atoms with Crippen LogP contribution in [-0.4, -0.2) is 5.11 Å². The molecule has 4 aromatic carbocycles. The predicted molar refractivity (Wildman–Crippen MR) is 92.2 cm³/mol. The molecule has 0 aromatic heterocycles. The van der Waals surface area contributed by atoms with Gasteiger partial charge in [-0.05, 0) is 0 Å². The van der Waals surface area contributed by atoms with Crippen LogP contribution >= 0.6 is 0 Å². The summed E-state index contributed by atoms with van der Waals surface area (Å²) >= 11 is 0. The van der Waals surface area contributed by atoms with Crippen molar-refractivity contribution >= 4 is 0 Å². The normalized spacial score (nSPS) is 8.75. The van der Waals surface area contributed by atoms with E-state index in [-0.39, 0.29) is 34.1 Å². The summed E-state index contributed by atoms with van der Waals surface area (Å²) in [6, 6.07) is 35.4. The van der Waals surface area contributed by atoms with E-state index in [1.807, 2.05) is 109 Å². The topological polar surface area (TPSA) is 20.2 Å². The minimum atomic E-state index is -0.463. The summed E-state index contributed by atoms with van der Waals surface area (Å²) in [6.45, 7) is 0. The molecule has 4 aromatic rings. The number of hydrogen-bond donors (Lipinski definition) is 1. The molecule has 0 amide bonds. The van der Waals surface area contributed by atoms with Gasteiger partial charge in [0, 0.05) is 40.2 Å². The van der Waals surface area contributed by atoms with E-state index in [0.717, 1.165) is 11.1 Å². The van der Waals surface area contributed by atoms with Crippen LogP contribution in [0.25, 0.3) is 0 Å². The molecule has 1 nitrogen and oxygen atoms in total. The van der Waals surface area contributed by atoms with Crippen molar-refractivity contribution in [1.82, 2.24) is 0 Å². The van der Waals surface area contributed by atoms with Crippen LogP contribution in [0.4, 0.5) is 0 Å². The first-order valence-electron chi connectivity index (χ1n) is 7.32. The van der Waals surface area contributed by atoms with Crippen LogP contribution in [0.5, 0.6) is 0 Å². The van der Waals surface area contributed by atoms with E-state index in [4.69, 9.17) is 0 Å². The summed E-state index contributed by atoms with van der Waals surface area (Å²) in [5, 5.41) is 9.77. The molecule has 0 spiro atoms. The van der Waals surface area contributed by atoms with Crippen LogP contribution in [0.1, 0.15) is 17.2 Å². The summed E-state index contributed by atoms with van der Waals surface area (Å²) in [5.74, 6) is 0. The van der Waals surface area contributed by atoms with E-state index in [9.17, 15) is 5.11 Å². The van der Waals surface area contributed by atoms with Gasteiger partial charge in [-0.2, -0.15) is 42.5 Å². The predicted octanol–water partition coefficient (Wildman–Crippen LogP) is 5.01. The van der Waals surface area contributed by atoms with Crippen LogP contribution in [0, 0.1) is 0 Å². The number of aliphatic hydroxyl groups excluding tert-OH is 1. The number of hydrogen-bond acceptors (Lipinski definition) is 1. The molecule has 0 saturated carbocycles. The van der Waals surface area contributed by atoms with Crippen molar-refractivity contribution in [3.8, 4) is 0 Å². The average molecular weight is 400 g/mol. The molecular weight excluding hydrogens is 380 g/mol. The van der Waals surface area contributed by atoms with E-state index in [1.165, 1.54) is 0 Å². The SMILES string of the molecule is OC([c-]1cccc1)[c-]1cccc1.[Fe].[Fe].[cH-]1[cH-][cH-][cH-][cH-]1.c1cc[cH-]c1. The second kappa shape index (κ2) is 13.8. The minimum absolute atomic E-state index is 0. The Bertz CT molecular complexity index is 553. The van der Waals surface area contributed by atoms with Crippen LogP contribution in [-0.2, 0) is 34.1 Å². The third-order valence-corrected chi connectivity index (χ3v) is 3.12. The molecule has 0 fully saturated rings. The van der Waals surface area contributed by atoms with Crippen molar-refractivity contribution in [1.29, 1.82) is 0 Å². The van der Waals surface area contributed by atoms with Gasteiger partial charge in [-0.25, -0.2) is 36.4 Å². The number of rotatable bonds is 2. The minimum Gasteiger partial charge on any atom is -0.748 e. The first kappa shape index (κ1) is 22.4. The largest absolute Gasteiger partial charge is 0.748 e. The van der Waals surface area contributed by atoms with Gasteiger partial charge in [-0.3, -0.25) is 0 Å². The Balaban J connectivity index is 0.000000370. The van der Waals surface area contributed by atoms with Gasteiger partial charge < -0.3 is 35.4 Å². The van der Waals surface area contributed by atoms with Gasteiger partial charge in [-0.1, -0.05) is 0 Å². The van der Waals surface area contributed by atoms with Gasteiger partial charge in [0.1, 0.15) is 0 Å². The smallest absolute Gasteiger partial charge is 0.0154 e. The fourth-order valence-corrected chi connectivity index (χ4v) is 1.98. The van der Waals surface area contributed by atoms with Gasteiger partial charge in [0.25, 0.3) is 0 Å². The van der Waals surface area contributed by atoms with E-state index < -0.39 is 6.10 Å². The molecule has 0 heterocycles. The quantitative estimate of drug-likeness (QED) is 0.371. The van der Waals surface area contributed by atoms with Crippen molar-refractivity contribution in [3.05, 3.63) is 120 Å². The van der Waals surface area contributed by atoms with Crippen LogP contribution in [0.3, 0.4) is 0 Å². The zero-order chi connectivity index (χ0) is 15.5. The molecule has 0 radical (unpaired) electrons. The molecule has 0 unspecified atom stereocenters. The Morgan fingerprint density at radius 1 is 0.583 bits per heavy atom. The third-order valence-electron chi connectivity index (χ3n) is 3.12. The molecule has 0 bridgehead atoms. The van der Waals surface area contributed by atoms with Crippen molar-refractivity contribution in [3.63, 3.8) is 0 Å². The molecule has 0 aliphatic carbocycles. The fourth-order valence-electron chi connectivity index (χ4n) is 1.98. The van der Waals surface area contributed by atoms with Gasteiger partial charge in [0.05, 0.1) is 0 Å². The molecule has 4 rings (SSSR count). The van der Waals surface area contributed by atoms with Crippen LogP contribution in [0.2, 0.25) is 0 Å². The second-order valence-electron chi connectivity index (χ2n) is 4.76. The summed E-state index contributed by atoms with van der Waals surface area (Å²) in [4.78, 5) is 0. The summed E-state index contributed by atoms with van der Waals surface area (Å²) in [5.41, 5.74) is 1.92.